The van der Waals surface area contributed by atoms with Crippen LogP contribution in [0.25, 0.3) is 0 Å². The van der Waals surface area contributed by atoms with Crippen LogP contribution in [-0.4, -0.2) is 18.5 Å². The number of aliphatic imine (C=N–C) groups is 1. The van der Waals surface area contributed by atoms with Crippen LogP contribution in [0.1, 0.15) is 81.5 Å². The van der Waals surface area contributed by atoms with Gasteiger partial charge in [0.25, 0.3) is 5.85 Å². The van der Waals surface area contributed by atoms with E-state index in [1.807, 2.05) is 72.8 Å². The molecule has 1 aliphatic heterocycles. The second-order valence-electron chi connectivity index (χ2n) is 11.7. The Kier molecular flexibility index (Phi) is 9.73. The third-order valence-corrected chi connectivity index (χ3v) is 8.33. The van der Waals surface area contributed by atoms with E-state index in [1.165, 1.54) is 31.2 Å². The summed E-state index contributed by atoms with van der Waals surface area (Å²) in [4.78, 5) is 20.2. The summed E-state index contributed by atoms with van der Waals surface area (Å²) in [7, 11) is 0. The number of urea groups is 1. The van der Waals surface area contributed by atoms with Gasteiger partial charge in [-0.15, -0.1) is 0 Å². The van der Waals surface area contributed by atoms with Gasteiger partial charge in [-0.3, -0.25) is 10.2 Å². The van der Waals surface area contributed by atoms with Gasteiger partial charge in [-0.05, 0) is 23.6 Å². The number of benzene rings is 4. The van der Waals surface area contributed by atoms with Gasteiger partial charge in [0.05, 0.1) is 12.3 Å². The van der Waals surface area contributed by atoms with Gasteiger partial charge in [0.1, 0.15) is 5.84 Å². The molecule has 0 aromatic heterocycles. The van der Waals surface area contributed by atoms with E-state index in [0.29, 0.717) is 12.4 Å². The maximum Gasteiger partial charge on any atom is 0.346 e. The molecule has 2 amide bonds. The van der Waals surface area contributed by atoms with E-state index in [4.69, 9.17) is 4.74 Å². The lowest BCUT2D eigenvalue weighted by Crippen LogP contribution is -2.65. The number of para-hydroxylation sites is 1. The van der Waals surface area contributed by atoms with Crippen molar-refractivity contribution in [3.05, 3.63) is 138 Å². The topological polar surface area (TPSA) is 53.9 Å². The Labute approximate surface area is 256 Å². The first-order chi connectivity index (χ1) is 21.0. The van der Waals surface area contributed by atoms with Crippen LogP contribution in [-0.2, 0) is 16.0 Å². The number of unbranched alkanes of at least 4 members (excludes halogenated alkanes) is 5. The van der Waals surface area contributed by atoms with Crippen molar-refractivity contribution in [2.75, 3.05) is 11.5 Å². The molecule has 4 aromatic carbocycles. The molecule has 0 saturated carbocycles. The standard InChI is InChI=1S/C38H43N3O2/c1-4-5-6-7-8-20-29-43-38(32-25-16-11-17-26-32)40-36(42)39-35(30-21-12-9-13-22-30)41(38)34-28-19-18-27-33(34)37(2,3)31-23-14-10-15-24-31/h9-19,21-28H,4-8,20,29H2,1-3H3,(H,40,42). The molecule has 0 aliphatic carbocycles. The Hall–Kier alpha value is -4.22. The third kappa shape index (κ3) is 6.57. The van der Waals surface area contributed by atoms with Crippen LogP contribution in [0.5, 0.6) is 0 Å². The van der Waals surface area contributed by atoms with Crippen molar-refractivity contribution in [1.82, 2.24) is 5.32 Å². The van der Waals surface area contributed by atoms with Gasteiger partial charge in [-0.1, -0.05) is 162 Å². The van der Waals surface area contributed by atoms with E-state index in [9.17, 15) is 4.79 Å². The van der Waals surface area contributed by atoms with E-state index in [2.05, 4.69) is 78.4 Å². The van der Waals surface area contributed by atoms with E-state index in [0.717, 1.165) is 35.2 Å². The summed E-state index contributed by atoms with van der Waals surface area (Å²) in [5.74, 6) is -0.759. The zero-order chi connectivity index (χ0) is 30.1. The Morgan fingerprint density at radius 2 is 1.33 bits per heavy atom. The molecular weight excluding hydrogens is 530 g/mol. The first kappa shape index (κ1) is 30.2. The molecule has 222 valence electrons. The van der Waals surface area contributed by atoms with Gasteiger partial charge in [-0.2, -0.15) is 4.99 Å². The molecule has 0 spiro atoms. The van der Waals surface area contributed by atoms with Gasteiger partial charge in [0, 0.05) is 16.5 Å². The Morgan fingerprint density at radius 3 is 2.02 bits per heavy atom. The number of amides is 2. The molecule has 4 aromatic rings. The van der Waals surface area contributed by atoms with Crippen LogP contribution in [0.4, 0.5) is 10.5 Å². The third-order valence-electron chi connectivity index (χ3n) is 8.33. The number of hydrogen-bond donors (Lipinski definition) is 1. The van der Waals surface area contributed by atoms with Crippen LogP contribution in [0.3, 0.4) is 0 Å². The smallest absolute Gasteiger partial charge is 0.334 e. The second-order valence-corrected chi connectivity index (χ2v) is 11.7. The molecule has 1 atom stereocenters. The summed E-state index contributed by atoms with van der Waals surface area (Å²) in [5, 5.41) is 3.20. The number of ether oxygens (including phenoxy) is 1. The Balaban J connectivity index is 1.68. The van der Waals surface area contributed by atoms with E-state index < -0.39 is 11.9 Å². The van der Waals surface area contributed by atoms with Crippen molar-refractivity contribution in [1.29, 1.82) is 0 Å². The van der Waals surface area contributed by atoms with E-state index >= 15 is 0 Å². The number of amidine groups is 1. The van der Waals surface area contributed by atoms with Gasteiger partial charge >= 0.3 is 6.03 Å². The number of hydrogen-bond acceptors (Lipinski definition) is 3. The predicted octanol–water partition coefficient (Wildman–Crippen LogP) is 9.18. The quantitative estimate of drug-likeness (QED) is 0.162. The number of carbonyl (C=O) groups excluding carboxylic acids is 1. The lowest BCUT2D eigenvalue weighted by atomic mass is 9.77. The summed E-state index contributed by atoms with van der Waals surface area (Å²) in [6.45, 7) is 7.20. The minimum atomic E-state index is -1.31. The van der Waals surface area contributed by atoms with Crippen LogP contribution in [0.15, 0.2) is 120 Å². The number of anilines is 1. The summed E-state index contributed by atoms with van der Waals surface area (Å²) in [5.41, 5.74) is 4.54. The average Bonchev–Trinajstić information content (AvgIpc) is 3.05. The van der Waals surface area contributed by atoms with Crippen molar-refractivity contribution in [3.63, 3.8) is 0 Å². The molecule has 1 aliphatic rings. The SMILES string of the molecule is CCCCCCCCOC1(c2ccccc2)NC(=O)N=C(c2ccccc2)N1c1ccccc1C(C)(C)c1ccccc1. The largest absolute Gasteiger partial charge is 0.346 e. The fourth-order valence-electron chi connectivity index (χ4n) is 5.95. The van der Waals surface area contributed by atoms with E-state index in [-0.39, 0.29) is 5.41 Å². The number of nitrogens with zero attached hydrogens (tertiary/aromatic N) is 2. The van der Waals surface area contributed by atoms with Crippen LogP contribution in [0, 0.1) is 0 Å². The highest BCUT2D eigenvalue weighted by Crippen LogP contribution is 2.43. The van der Waals surface area contributed by atoms with Crippen molar-refractivity contribution in [2.45, 2.75) is 70.6 Å². The van der Waals surface area contributed by atoms with Crippen molar-refractivity contribution in [2.24, 2.45) is 4.99 Å². The van der Waals surface area contributed by atoms with Crippen molar-refractivity contribution in [3.8, 4) is 0 Å². The first-order valence-corrected chi connectivity index (χ1v) is 15.6. The minimum Gasteiger partial charge on any atom is -0.334 e. The lowest BCUT2D eigenvalue weighted by molar-refractivity contribution is -0.0629. The first-order valence-electron chi connectivity index (χ1n) is 15.6. The van der Waals surface area contributed by atoms with E-state index in [1.54, 1.807) is 0 Å². The predicted molar refractivity (Wildman–Crippen MR) is 176 cm³/mol. The van der Waals surface area contributed by atoms with Gasteiger partial charge in [0.15, 0.2) is 0 Å². The highest BCUT2D eigenvalue weighted by atomic mass is 16.5. The van der Waals surface area contributed by atoms with Crippen LogP contribution < -0.4 is 10.2 Å². The van der Waals surface area contributed by atoms with Crippen LogP contribution >= 0.6 is 0 Å². The maximum absolute atomic E-state index is 13.5. The van der Waals surface area contributed by atoms with Gasteiger partial charge in [-0.25, -0.2) is 4.79 Å². The molecule has 0 bridgehead atoms. The molecule has 1 unspecified atom stereocenters. The normalized spacial score (nSPS) is 17.0. The molecule has 1 heterocycles. The molecule has 5 heteroatoms. The highest BCUT2D eigenvalue weighted by Gasteiger charge is 2.49. The van der Waals surface area contributed by atoms with Gasteiger partial charge in [0.2, 0.25) is 0 Å². The maximum atomic E-state index is 13.5. The molecular formula is C38H43N3O2. The lowest BCUT2D eigenvalue weighted by Gasteiger charge is -2.48. The van der Waals surface area contributed by atoms with Crippen molar-refractivity contribution >= 4 is 17.6 Å². The number of rotatable bonds is 13. The summed E-state index contributed by atoms with van der Waals surface area (Å²) < 4.78 is 6.94. The molecule has 0 radical (unpaired) electrons. The summed E-state index contributed by atoms with van der Waals surface area (Å²) in [6, 6.07) is 38.4. The molecule has 5 nitrogen and oxygen atoms in total. The molecule has 0 saturated heterocycles. The number of nitrogens with one attached hydrogen (secondary N) is 1. The Morgan fingerprint density at radius 1 is 0.744 bits per heavy atom. The molecule has 0 fully saturated rings. The zero-order valence-corrected chi connectivity index (χ0v) is 25.6. The zero-order valence-electron chi connectivity index (χ0n) is 25.6. The Bertz CT molecular complexity index is 1500. The fourth-order valence-corrected chi connectivity index (χ4v) is 5.95. The van der Waals surface area contributed by atoms with Crippen LogP contribution in [0.2, 0.25) is 0 Å². The monoisotopic (exact) mass is 573 g/mol. The summed E-state index contributed by atoms with van der Waals surface area (Å²) in [6.07, 6.45) is 6.86. The second kappa shape index (κ2) is 13.8. The highest BCUT2D eigenvalue weighted by molar-refractivity contribution is 6.16. The molecule has 5 rings (SSSR count). The number of carbonyl (C=O) groups is 1. The summed E-state index contributed by atoms with van der Waals surface area (Å²) >= 11 is 0. The minimum absolute atomic E-state index is 0.358. The molecule has 1 N–H and O–H groups in total. The van der Waals surface area contributed by atoms with Gasteiger partial charge < -0.3 is 4.74 Å². The molecule has 43 heavy (non-hydrogen) atoms. The fraction of sp³-hybridized carbons (Fsp3) is 0.316. The average molecular weight is 574 g/mol. The van der Waals surface area contributed by atoms with Crippen molar-refractivity contribution < 1.29 is 9.53 Å².